The van der Waals surface area contributed by atoms with Crippen molar-refractivity contribution in [2.45, 2.75) is 88.1 Å². The Balaban J connectivity index is 1.20. The number of anilines is 2. The van der Waals surface area contributed by atoms with Crippen LogP contribution in [0.4, 0.5) is 11.8 Å². The minimum atomic E-state index is -4.98. The molecule has 4 aromatic rings. The number of nitrogens with two attached hydrogens (primary N) is 2. The number of methoxy groups -OCH3 is 1. The number of H-pyrrole nitrogens is 1. The van der Waals surface area contributed by atoms with Gasteiger partial charge in [0.1, 0.15) is 36.3 Å². The van der Waals surface area contributed by atoms with Gasteiger partial charge in [-0.3, -0.25) is 18.8 Å². The van der Waals surface area contributed by atoms with E-state index in [1.54, 1.807) is 6.33 Å². The third kappa shape index (κ3) is 6.24. The van der Waals surface area contributed by atoms with Crippen LogP contribution in [0.3, 0.4) is 0 Å². The summed E-state index contributed by atoms with van der Waals surface area (Å²) in [6, 6.07) is -0.514. The van der Waals surface area contributed by atoms with Crippen LogP contribution in [0, 0.1) is 11.3 Å². The molecule has 0 aromatic carbocycles. The van der Waals surface area contributed by atoms with Crippen LogP contribution in [-0.4, -0.2) is 113 Å². The van der Waals surface area contributed by atoms with Gasteiger partial charge in [0.25, 0.3) is 5.56 Å². The van der Waals surface area contributed by atoms with Gasteiger partial charge in [-0.1, -0.05) is 26.0 Å². The molecule has 4 aromatic heterocycles. The molecule has 54 heavy (non-hydrogen) atoms. The first-order valence-corrected chi connectivity index (χ1v) is 24.0. The summed E-state index contributed by atoms with van der Waals surface area (Å²) in [7, 11) is -6.25. The molecular formula is C28H41N11O11P2SSi. The van der Waals surface area contributed by atoms with E-state index in [4.69, 9.17) is 55.3 Å². The molecule has 1 spiro atoms. The Morgan fingerprint density at radius 2 is 1.87 bits per heavy atom. The Bertz CT molecular complexity index is 2290. The van der Waals surface area contributed by atoms with Crippen molar-refractivity contribution in [2.75, 3.05) is 31.8 Å². The minimum Gasteiger partial charge on any atom is -0.409 e. The number of nitrogen functional groups attached to an aromatic ring is 2. The first kappa shape index (κ1) is 38.1. The van der Waals surface area contributed by atoms with Gasteiger partial charge in [-0.2, -0.15) is 9.67 Å². The largest absolute Gasteiger partial charge is 0.472 e. The average molecular weight is 830 g/mol. The van der Waals surface area contributed by atoms with Crippen LogP contribution >= 0.6 is 14.5 Å². The lowest BCUT2D eigenvalue weighted by Gasteiger charge is -2.43. The number of aromatic amines is 1. The Morgan fingerprint density at radius 1 is 1.11 bits per heavy atom. The van der Waals surface area contributed by atoms with Crippen LogP contribution in [-0.2, 0) is 48.4 Å². The predicted molar refractivity (Wildman–Crippen MR) is 194 cm³/mol. The lowest BCUT2D eigenvalue weighted by atomic mass is 10.0. The van der Waals surface area contributed by atoms with Crippen LogP contribution in [0.25, 0.3) is 22.3 Å². The smallest absolute Gasteiger partial charge is 0.409 e. The van der Waals surface area contributed by atoms with Crippen LogP contribution in [0.2, 0.25) is 18.1 Å². The number of nitrogens with one attached hydrogen (secondary N) is 1. The lowest BCUT2D eigenvalue weighted by molar-refractivity contribution is -0.0660. The number of ether oxygens (including phenoxy) is 2. The SMILES string of the molecule is CO[C@H]1[C@H]2OP(=O)(O)OC[C@@]34C[C@@H]3[C@@H](n3cnc5c(N)ncnc53)C(O[Si](C)(C)C(C)(C)C)[C@@H]4OP(O)(=S)OC[C@H]1O[C@H]2n1nnc2c(=O)[nH]c(N)nc21. The Labute approximate surface area is 313 Å². The normalized spacial score (nSPS) is 37.4. The second kappa shape index (κ2) is 12.8. The average Bonchev–Trinajstić information content (AvgIpc) is 3.37. The third-order valence-corrected chi connectivity index (χ3v) is 18.3. The van der Waals surface area contributed by atoms with Gasteiger partial charge in [0, 0.05) is 12.5 Å². The number of imidazole rings is 1. The van der Waals surface area contributed by atoms with Crippen molar-refractivity contribution in [2.24, 2.45) is 11.3 Å². The van der Waals surface area contributed by atoms with Crippen LogP contribution in [0.1, 0.15) is 39.5 Å². The predicted octanol–water partition coefficient (Wildman–Crippen LogP) is 1.52. The molecule has 2 saturated heterocycles. The summed E-state index contributed by atoms with van der Waals surface area (Å²) in [5.41, 5.74) is 10.8. The summed E-state index contributed by atoms with van der Waals surface area (Å²) >= 11 is 5.65. The van der Waals surface area contributed by atoms with Gasteiger partial charge in [0.15, 0.2) is 37.2 Å². The highest BCUT2D eigenvalue weighted by Crippen LogP contribution is 2.73. The third-order valence-electron chi connectivity index (χ3n) is 11.3. The summed E-state index contributed by atoms with van der Waals surface area (Å²) in [5.74, 6) is -0.344. The second-order valence-corrected chi connectivity index (χ2v) is 24.4. The molecule has 2 saturated carbocycles. The molecule has 4 aliphatic rings. The van der Waals surface area contributed by atoms with Crippen molar-refractivity contribution in [3.8, 4) is 0 Å². The van der Waals surface area contributed by atoms with E-state index in [1.165, 1.54) is 13.4 Å². The van der Waals surface area contributed by atoms with Gasteiger partial charge in [-0.15, -0.1) is 5.10 Å². The van der Waals surface area contributed by atoms with Gasteiger partial charge in [0.05, 0.1) is 31.7 Å². The summed E-state index contributed by atoms with van der Waals surface area (Å²) in [6.07, 6.45) is -3.41. The molecule has 0 radical (unpaired) electrons. The van der Waals surface area contributed by atoms with Gasteiger partial charge >= 0.3 is 14.5 Å². The molecule has 2 aliphatic carbocycles. The highest BCUT2D eigenvalue weighted by atomic mass is 32.5. The number of phosphoric acid groups is 1. The van der Waals surface area contributed by atoms with Gasteiger partial charge in [-0.05, 0) is 42.3 Å². The molecule has 294 valence electrons. The molecule has 11 atom stereocenters. The van der Waals surface area contributed by atoms with E-state index >= 15 is 0 Å². The first-order valence-electron chi connectivity index (χ1n) is 17.0. The fraction of sp³-hybridized carbons (Fsp3) is 0.679. The lowest BCUT2D eigenvalue weighted by Crippen LogP contribution is -2.50. The van der Waals surface area contributed by atoms with Crippen LogP contribution < -0.4 is 17.0 Å². The van der Waals surface area contributed by atoms with Crippen molar-refractivity contribution in [3.63, 3.8) is 0 Å². The summed E-state index contributed by atoms with van der Waals surface area (Å²) in [5, 5.41) is 7.64. The molecule has 26 heteroatoms. The molecule has 3 unspecified atom stereocenters. The highest BCUT2D eigenvalue weighted by molar-refractivity contribution is 8.07. The van der Waals surface area contributed by atoms with Gasteiger partial charge in [-0.25, -0.2) is 19.5 Å². The number of rotatable bonds is 5. The van der Waals surface area contributed by atoms with Crippen molar-refractivity contribution in [3.05, 3.63) is 23.0 Å². The number of nitrogens with zero attached hydrogens (tertiary/aromatic N) is 8. The molecule has 7 N–H and O–H groups in total. The standard InChI is InChI=1S/C28H41N11O11P2SSi/c1-27(2,3)54(5,6)50-18-16(38-11-33-14-21(29)31-10-32-22(14)38)12-7-28(12)9-46-51(41,42)48-19-17(44-4)13(8-45-52(43,53)49-20(18)28)47-25(19)39-23-15(36-37-39)24(40)35-26(30)34-23/h10-13,16-20,25H,7-9H2,1-6H3,(H,41,42)(H,43,53)(H2,29,31,32)(H3,30,34,35,40)/t12-,13-,16-,17-,18?,19-,20+,25-,28+,52?/m1/s1. The Morgan fingerprint density at radius 3 is 2.59 bits per heavy atom. The summed E-state index contributed by atoms with van der Waals surface area (Å²) < 4.78 is 60.0. The summed E-state index contributed by atoms with van der Waals surface area (Å²) in [4.78, 5) is 55.2. The molecule has 2 bridgehead atoms. The number of aromatic nitrogens is 9. The minimum absolute atomic E-state index is 0.0944. The molecule has 8 rings (SSSR count). The fourth-order valence-corrected chi connectivity index (χ4v) is 11.3. The van der Waals surface area contributed by atoms with Crippen molar-refractivity contribution in [1.82, 2.24) is 44.5 Å². The number of hydrogen-bond acceptors (Lipinski definition) is 18. The first-order chi connectivity index (χ1) is 25.3. The maximum absolute atomic E-state index is 14.0. The van der Waals surface area contributed by atoms with E-state index < -0.39 is 83.2 Å². The maximum atomic E-state index is 14.0. The van der Waals surface area contributed by atoms with Crippen LogP contribution in [0.15, 0.2) is 17.4 Å². The topological polar surface area (TPSA) is 294 Å². The molecule has 0 amide bonds. The number of phosphoric ester groups is 1. The van der Waals surface area contributed by atoms with Crippen molar-refractivity contribution < 1.29 is 46.3 Å². The molecule has 2 aliphatic heterocycles. The van der Waals surface area contributed by atoms with E-state index in [2.05, 4.69) is 69.1 Å². The zero-order valence-electron chi connectivity index (χ0n) is 30.0. The highest BCUT2D eigenvalue weighted by Gasteiger charge is 2.75. The quantitative estimate of drug-likeness (QED) is 0.141. The maximum Gasteiger partial charge on any atom is 0.472 e. The fourth-order valence-electron chi connectivity index (χ4n) is 7.57. The molecule has 22 nitrogen and oxygen atoms in total. The number of fused-ring (bicyclic) bond motifs is 4. The van der Waals surface area contributed by atoms with Crippen molar-refractivity contribution >= 4 is 68.8 Å². The van der Waals surface area contributed by atoms with Crippen molar-refractivity contribution in [1.29, 1.82) is 0 Å². The van der Waals surface area contributed by atoms with E-state index in [9.17, 15) is 19.1 Å². The van der Waals surface area contributed by atoms with E-state index in [0.717, 1.165) is 4.68 Å². The molecular weight excluding hydrogens is 788 g/mol. The Hall–Kier alpha value is -2.83. The Kier molecular flexibility index (Phi) is 9.05. The molecule has 6 heterocycles. The van der Waals surface area contributed by atoms with Crippen LogP contribution in [0.5, 0.6) is 0 Å². The number of hydrogen-bond donors (Lipinski definition) is 5. The van der Waals surface area contributed by atoms with E-state index in [1.807, 2.05) is 4.57 Å². The summed E-state index contributed by atoms with van der Waals surface area (Å²) in [6.45, 7) is 5.50. The van der Waals surface area contributed by atoms with Gasteiger partial charge < -0.3 is 48.8 Å². The molecule has 4 fully saturated rings. The zero-order chi connectivity index (χ0) is 38.7. The monoisotopic (exact) mass is 829 g/mol. The van der Waals surface area contributed by atoms with E-state index in [-0.39, 0.29) is 40.5 Å². The zero-order valence-corrected chi connectivity index (χ0v) is 33.6. The van der Waals surface area contributed by atoms with Gasteiger partial charge in [0.2, 0.25) is 5.95 Å². The second-order valence-electron chi connectivity index (χ2n) is 15.5. The van der Waals surface area contributed by atoms with E-state index in [0.29, 0.717) is 17.6 Å².